The molecule has 3 rings (SSSR count). The van der Waals surface area contributed by atoms with Gasteiger partial charge in [0.15, 0.2) is 0 Å². The van der Waals surface area contributed by atoms with Gasteiger partial charge in [0.05, 0.1) is 6.10 Å². The maximum atomic E-state index is 12.3. The Bertz CT molecular complexity index is 526. The number of nitrogens with one attached hydrogen (secondary N) is 1. The number of hydrogen-bond acceptors (Lipinski definition) is 3. The first kappa shape index (κ1) is 16.3. The standard InChI is InChI=1S/C19H28N2O2/c22-18-9-2-1-6-15(18)10-11-20-19(23)16-7-5-8-17(14-16)21-12-3-4-13-21/h5,7-8,14-15,18,22H,1-4,6,9-13H2,(H,20,23)/t15-,18-/m1/s1. The maximum Gasteiger partial charge on any atom is 0.251 e. The Hall–Kier alpha value is -1.55. The molecule has 4 nitrogen and oxygen atoms in total. The molecule has 2 atom stereocenters. The van der Waals surface area contributed by atoms with Crippen LogP contribution in [0, 0.1) is 5.92 Å². The van der Waals surface area contributed by atoms with E-state index in [2.05, 4.69) is 16.3 Å². The Morgan fingerprint density at radius 3 is 2.74 bits per heavy atom. The van der Waals surface area contributed by atoms with E-state index in [9.17, 15) is 9.90 Å². The summed E-state index contributed by atoms with van der Waals surface area (Å²) in [6.07, 6.45) is 7.50. The molecule has 0 radical (unpaired) electrons. The Balaban J connectivity index is 1.50. The SMILES string of the molecule is O=C(NCC[C@H]1CCCC[C@H]1O)c1cccc(N2CCCC2)c1. The zero-order chi connectivity index (χ0) is 16.1. The third kappa shape index (κ3) is 4.25. The van der Waals surface area contributed by atoms with Gasteiger partial charge >= 0.3 is 0 Å². The molecule has 0 aromatic heterocycles. The van der Waals surface area contributed by atoms with E-state index in [4.69, 9.17) is 0 Å². The quantitative estimate of drug-likeness (QED) is 0.878. The van der Waals surface area contributed by atoms with Gasteiger partial charge in [-0.1, -0.05) is 18.9 Å². The first-order chi connectivity index (χ1) is 11.2. The smallest absolute Gasteiger partial charge is 0.251 e. The molecule has 1 heterocycles. The summed E-state index contributed by atoms with van der Waals surface area (Å²) in [7, 11) is 0. The number of aliphatic hydroxyl groups excluding tert-OH is 1. The lowest BCUT2D eigenvalue weighted by molar-refractivity contribution is 0.0643. The number of carbonyl (C=O) groups excluding carboxylic acids is 1. The lowest BCUT2D eigenvalue weighted by Gasteiger charge is -2.27. The average molecular weight is 316 g/mol. The van der Waals surface area contributed by atoms with Crippen molar-refractivity contribution in [1.29, 1.82) is 0 Å². The van der Waals surface area contributed by atoms with Crippen molar-refractivity contribution >= 4 is 11.6 Å². The van der Waals surface area contributed by atoms with Crippen LogP contribution in [0.15, 0.2) is 24.3 Å². The molecule has 23 heavy (non-hydrogen) atoms. The molecule has 2 N–H and O–H groups in total. The van der Waals surface area contributed by atoms with Gasteiger partial charge in [0.1, 0.15) is 0 Å². The van der Waals surface area contributed by atoms with Crippen LogP contribution in [0.25, 0.3) is 0 Å². The third-order valence-electron chi connectivity index (χ3n) is 5.25. The van der Waals surface area contributed by atoms with Gasteiger partial charge in [0, 0.05) is 30.9 Å². The van der Waals surface area contributed by atoms with Gasteiger partial charge in [0.2, 0.25) is 0 Å². The summed E-state index contributed by atoms with van der Waals surface area (Å²) in [6, 6.07) is 7.93. The first-order valence-electron chi connectivity index (χ1n) is 9.05. The molecular formula is C19H28N2O2. The molecule has 1 aromatic carbocycles. The maximum absolute atomic E-state index is 12.3. The van der Waals surface area contributed by atoms with Crippen molar-refractivity contribution in [1.82, 2.24) is 5.32 Å². The highest BCUT2D eigenvalue weighted by molar-refractivity contribution is 5.95. The molecule has 1 saturated carbocycles. The average Bonchev–Trinajstić information content (AvgIpc) is 3.11. The Morgan fingerprint density at radius 2 is 1.96 bits per heavy atom. The number of nitrogens with zero attached hydrogens (tertiary/aromatic N) is 1. The van der Waals surface area contributed by atoms with Gasteiger partial charge in [-0.05, 0) is 56.2 Å². The van der Waals surface area contributed by atoms with Gasteiger partial charge in [-0.3, -0.25) is 4.79 Å². The van der Waals surface area contributed by atoms with Crippen molar-refractivity contribution in [3.63, 3.8) is 0 Å². The lowest BCUT2D eigenvalue weighted by atomic mass is 9.84. The zero-order valence-electron chi connectivity index (χ0n) is 13.8. The molecular weight excluding hydrogens is 288 g/mol. The van der Waals surface area contributed by atoms with Crippen LogP contribution in [0.3, 0.4) is 0 Å². The monoisotopic (exact) mass is 316 g/mol. The first-order valence-corrected chi connectivity index (χ1v) is 9.05. The van der Waals surface area contributed by atoms with Crippen LogP contribution in [0.4, 0.5) is 5.69 Å². The number of hydrogen-bond donors (Lipinski definition) is 2. The number of anilines is 1. The molecule has 1 amide bonds. The predicted octanol–water partition coefficient (Wildman–Crippen LogP) is 2.96. The van der Waals surface area contributed by atoms with E-state index in [1.165, 1.54) is 19.3 Å². The summed E-state index contributed by atoms with van der Waals surface area (Å²) < 4.78 is 0. The summed E-state index contributed by atoms with van der Waals surface area (Å²) >= 11 is 0. The van der Waals surface area contributed by atoms with E-state index in [1.54, 1.807) is 0 Å². The van der Waals surface area contributed by atoms with Crippen LogP contribution >= 0.6 is 0 Å². The number of carbonyl (C=O) groups is 1. The van der Waals surface area contributed by atoms with E-state index in [0.29, 0.717) is 12.5 Å². The van der Waals surface area contributed by atoms with Crippen molar-refractivity contribution < 1.29 is 9.90 Å². The van der Waals surface area contributed by atoms with Gasteiger partial charge in [0.25, 0.3) is 5.91 Å². The molecule has 126 valence electrons. The van der Waals surface area contributed by atoms with Gasteiger partial charge in [-0.2, -0.15) is 0 Å². The van der Waals surface area contributed by atoms with Crippen LogP contribution in [-0.2, 0) is 0 Å². The van der Waals surface area contributed by atoms with Crippen LogP contribution in [0.5, 0.6) is 0 Å². The number of aliphatic hydroxyl groups is 1. The van der Waals surface area contributed by atoms with Gasteiger partial charge < -0.3 is 15.3 Å². The molecule has 1 aliphatic carbocycles. The van der Waals surface area contributed by atoms with Crippen molar-refractivity contribution in [2.45, 2.75) is 51.0 Å². The molecule has 4 heteroatoms. The Kier molecular flexibility index (Phi) is 5.55. The molecule has 1 aliphatic heterocycles. The van der Waals surface area contributed by atoms with Crippen molar-refractivity contribution in [2.75, 3.05) is 24.5 Å². The second-order valence-corrected chi connectivity index (χ2v) is 6.90. The minimum absolute atomic E-state index is 0.00338. The topological polar surface area (TPSA) is 52.6 Å². The molecule has 0 unspecified atom stereocenters. The van der Waals surface area contributed by atoms with E-state index < -0.39 is 0 Å². The van der Waals surface area contributed by atoms with Crippen LogP contribution < -0.4 is 10.2 Å². The fourth-order valence-corrected chi connectivity index (χ4v) is 3.82. The molecule has 2 aliphatic rings. The van der Waals surface area contributed by atoms with Crippen LogP contribution in [0.1, 0.15) is 55.3 Å². The second kappa shape index (κ2) is 7.82. The summed E-state index contributed by atoms with van der Waals surface area (Å²) in [5.74, 6) is 0.344. The third-order valence-corrected chi connectivity index (χ3v) is 5.25. The van der Waals surface area contributed by atoms with E-state index in [1.807, 2.05) is 18.2 Å². The van der Waals surface area contributed by atoms with Crippen molar-refractivity contribution in [2.24, 2.45) is 5.92 Å². The van der Waals surface area contributed by atoms with E-state index >= 15 is 0 Å². The highest BCUT2D eigenvalue weighted by Gasteiger charge is 2.22. The zero-order valence-corrected chi connectivity index (χ0v) is 13.8. The van der Waals surface area contributed by atoms with Crippen molar-refractivity contribution in [3.8, 4) is 0 Å². The number of amides is 1. The lowest BCUT2D eigenvalue weighted by Crippen LogP contribution is -2.31. The van der Waals surface area contributed by atoms with E-state index in [-0.39, 0.29) is 12.0 Å². The Morgan fingerprint density at radius 1 is 1.17 bits per heavy atom. The molecule has 0 spiro atoms. The minimum atomic E-state index is -0.181. The Labute approximate surface area is 138 Å². The summed E-state index contributed by atoms with van der Waals surface area (Å²) in [4.78, 5) is 14.7. The predicted molar refractivity (Wildman–Crippen MR) is 92.8 cm³/mol. The van der Waals surface area contributed by atoms with Gasteiger partial charge in [-0.15, -0.1) is 0 Å². The van der Waals surface area contributed by atoms with Gasteiger partial charge in [-0.25, -0.2) is 0 Å². The molecule has 1 saturated heterocycles. The van der Waals surface area contributed by atoms with Crippen LogP contribution in [-0.4, -0.2) is 36.8 Å². The highest BCUT2D eigenvalue weighted by atomic mass is 16.3. The van der Waals surface area contributed by atoms with Crippen molar-refractivity contribution in [3.05, 3.63) is 29.8 Å². The number of benzene rings is 1. The normalized spacial score (nSPS) is 24.7. The van der Waals surface area contributed by atoms with E-state index in [0.717, 1.165) is 50.0 Å². The molecule has 1 aromatic rings. The highest BCUT2D eigenvalue weighted by Crippen LogP contribution is 2.26. The largest absolute Gasteiger partial charge is 0.393 e. The molecule has 2 fully saturated rings. The fourth-order valence-electron chi connectivity index (χ4n) is 3.82. The second-order valence-electron chi connectivity index (χ2n) is 6.90. The minimum Gasteiger partial charge on any atom is -0.393 e. The van der Waals surface area contributed by atoms with Crippen LogP contribution in [0.2, 0.25) is 0 Å². The summed E-state index contributed by atoms with van der Waals surface area (Å²) in [5.41, 5.74) is 1.89. The summed E-state index contributed by atoms with van der Waals surface area (Å²) in [6.45, 7) is 2.82. The number of rotatable bonds is 5. The fraction of sp³-hybridized carbons (Fsp3) is 0.632. The summed E-state index contributed by atoms with van der Waals surface area (Å²) in [5, 5.41) is 13.0. The molecule has 0 bridgehead atoms.